The van der Waals surface area contributed by atoms with Crippen LogP contribution in [0.1, 0.15) is 6.42 Å². The fourth-order valence-corrected chi connectivity index (χ4v) is 1.87. The summed E-state index contributed by atoms with van der Waals surface area (Å²) in [5.41, 5.74) is -0.782. The number of aromatic nitrogens is 1. The first-order valence-corrected chi connectivity index (χ1v) is 5.14. The second-order valence-electron chi connectivity index (χ2n) is 4.09. The Morgan fingerprint density at radius 2 is 1.76 bits per heavy atom. The SMILES string of the molecule is CN1CCC(Nc2c(F)c(F)nc(F)c2F)C1. The molecule has 1 N–H and O–H groups in total. The monoisotopic (exact) mass is 249 g/mol. The number of likely N-dealkylation sites (tertiary alicyclic amines) is 1. The molecule has 17 heavy (non-hydrogen) atoms. The zero-order valence-electron chi connectivity index (χ0n) is 9.10. The molecular formula is C10H11F4N3. The number of nitrogens with one attached hydrogen (secondary N) is 1. The molecule has 0 aromatic carbocycles. The van der Waals surface area contributed by atoms with Crippen LogP contribution in [0.2, 0.25) is 0 Å². The van der Waals surface area contributed by atoms with Crippen LogP contribution in [0.15, 0.2) is 0 Å². The van der Waals surface area contributed by atoms with Crippen molar-refractivity contribution in [2.45, 2.75) is 12.5 Å². The number of halogens is 4. The third-order valence-corrected chi connectivity index (χ3v) is 2.74. The summed E-state index contributed by atoms with van der Waals surface area (Å²) in [7, 11) is 1.85. The molecule has 0 radical (unpaired) electrons. The van der Waals surface area contributed by atoms with Crippen LogP contribution < -0.4 is 5.32 Å². The average Bonchev–Trinajstić information content (AvgIpc) is 2.68. The van der Waals surface area contributed by atoms with Crippen LogP contribution in [0.4, 0.5) is 23.2 Å². The number of pyridine rings is 1. The molecule has 94 valence electrons. The maximum Gasteiger partial charge on any atom is 0.253 e. The van der Waals surface area contributed by atoms with Crippen LogP contribution in [-0.4, -0.2) is 36.1 Å². The molecule has 0 bridgehead atoms. The Hall–Kier alpha value is -1.37. The molecule has 0 saturated carbocycles. The summed E-state index contributed by atoms with van der Waals surface area (Å²) < 4.78 is 52.2. The van der Waals surface area contributed by atoms with Gasteiger partial charge in [0.15, 0.2) is 0 Å². The fraction of sp³-hybridized carbons (Fsp3) is 0.500. The lowest BCUT2D eigenvalue weighted by molar-refractivity contribution is 0.404. The Labute approximate surface area is 95.4 Å². The molecule has 0 amide bonds. The van der Waals surface area contributed by atoms with Crippen molar-refractivity contribution in [2.75, 3.05) is 25.5 Å². The Morgan fingerprint density at radius 1 is 1.18 bits per heavy atom. The second kappa shape index (κ2) is 4.48. The van der Waals surface area contributed by atoms with E-state index in [0.717, 1.165) is 6.54 Å². The molecule has 7 heteroatoms. The van der Waals surface area contributed by atoms with Gasteiger partial charge in [0, 0.05) is 12.6 Å². The van der Waals surface area contributed by atoms with Gasteiger partial charge < -0.3 is 10.2 Å². The molecule has 1 aliphatic rings. The average molecular weight is 249 g/mol. The number of nitrogens with zero attached hydrogens (tertiary/aromatic N) is 2. The number of anilines is 1. The van der Waals surface area contributed by atoms with Crippen LogP contribution in [-0.2, 0) is 0 Å². The molecule has 1 atom stereocenters. The minimum absolute atomic E-state index is 0.231. The maximum atomic E-state index is 13.3. The summed E-state index contributed by atoms with van der Waals surface area (Å²) in [6.45, 7) is 1.32. The van der Waals surface area contributed by atoms with E-state index >= 15 is 0 Å². The molecule has 2 rings (SSSR count). The molecule has 2 heterocycles. The summed E-state index contributed by atoms with van der Waals surface area (Å²) in [6.07, 6.45) is 0.654. The van der Waals surface area contributed by atoms with E-state index in [9.17, 15) is 17.6 Å². The Morgan fingerprint density at radius 3 is 2.24 bits per heavy atom. The quantitative estimate of drug-likeness (QED) is 0.639. The van der Waals surface area contributed by atoms with Gasteiger partial charge in [-0.05, 0) is 20.0 Å². The number of likely N-dealkylation sites (N-methyl/N-ethyl adjacent to an activating group) is 1. The predicted molar refractivity (Wildman–Crippen MR) is 53.6 cm³/mol. The van der Waals surface area contributed by atoms with Crippen molar-refractivity contribution in [1.82, 2.24) is 9.88 Å². The highest BCUT2D eigenvalue weighted by molar-refractivity contribution is 5.46. The van der Waals surface area contributed by atoms with Crippen molar-refractivity contribution in [2.24, 2.45) is 0 Å². The van der Waals surface area contributed by atoms with Gasteiger partial charge in [0.1, 0.15) is 5.69 Å². The summed E-state index contributed by atoms with van der Waals surface area (Å²) in [4.78, 5) is 4.43. The van der Waals surface area contributed by atoms with E-state index in [1.54, 1.807) is 0 Å². The van der Waals surface area contributed by atoms with Crippen LogP contribution >= 0.6 is 0 Å². The van der Waals surface area contributed by atoms with Gasteiger partial charge in [-0.3, -0.25) is 0 Å². The van der Waals surface area contributed by atoms with Crippen LogP contribution in [0.3, 0.4) is 0 Å². The summed E-state index contributed by atoms with van der Waals surface area (Å²) >= 11 is 0. The molecule has 1 aliphatic heterocycles. The third kappa shape index (κ3) is 2.33. The first-order chi connectivity index (χ1) is 7.99. The molecule has 3 nitrogen and oxygen atoms in total. The Balaban J connectivity index is 2.26. The first-order valence-electron chi connectivity index (χ1n) is 5.14. The Kier molecular flexibility index (Phi) is 3.19. The van der Waals surface area contributed by atoms with Gasteiger partial charge in [-0.15, -0.1) is 0 Å². The number of rotatable bonds is 2. The standard InChI is InChI=1S/C10H11F4N3/c1-17-3-2-5(4-17)15-8-6(11)9(13)16-10(14)7(8)12/h5H,2-4H2,1H3,(H,15,16). The summed E-state index contributed by atoms with van der Waals surface area (Å²) in [6, 6.07) is -0.231. The maximum absolute atomic E-state index is 13.3. The lowest BCUT2D eigenvalue weighted by Crippen LogP contribution is -2.25. The van der Waals surface area contributed by atoms with Crippen molar-refractivity contribution in [3.8, 4) is 0 Å². The van der Waals surface area contributed by atoms with Gasteiger partial charge in [0.05, 0.1) is 0 Å². The first kappa shape index (κ1) is 12.1. The van der Waals surface area contributed by atoms with Crippen molar-refractivity contribution in [3.05, 3.63) is 23.5 Å². The zero-order chi connectivity index (χ0) is 12.6. The van der Waals surface area contributed by atoms with Gasteiger partial charge in [0.25, 0.3) is 11.9 Å². The number of hydrogen-bond acceptors (Lipinski definition) is 3. The van der Waals surface area contributed by atoms with E-state index in [1.807, 2.05) is 11.9 Å². The summed E-state index contributed by atoms with van der Waals surface area (Å²) in [5.74, 6) is -6.26. The highest BCUT2D eigenvalue weighted by Gasteiger charge is 2.25. The van der Waals surface area contributed by atoms with Crippen molar-refractivity contribution >= 4 is 5.69 Å². The van der Waals surface area contributed by atoms with Crippen LogP contribution in [0.5, 0.6) is 0 Å². The predicted octanol–water partition coefficient (Wildman–Crippen LogP) is 1.75. The van der Waals surface area contributed by atoms with E-state index in [4.69, 9.17) is 0 Å². The molecular weight excluding hydrogens is 238 g/mol. The fourth-order valence-electron chi connectivity index (χ4n) is 1.87. The van der Waals surface area contributed by atoms with Gasteiger partial charge in [0.2, 0.25) is 11.6 Å². The van der Waals surface area contributed by atoms with E-state index in [2.05, 4.69) is 10.3 Å². The zero-order valence-corrected chi connectivity index (χ0v) is 9.10. The molecule has 1 unspecified atom stereocenters. The summed E-state index contributed by atoms with van der Waals surface area (Å²) in [5, 5.41) is 2.48. The van der Waals surface area contributed by atoms with Gasteiger partial charge >= 0.3 is 0 Å². The van der Waals surface area contributed by atoms with Gasteiger partial charge in [-0.25, -0.2) is 0 Å². The largest absolute Gasteiger partial charge is 0.376 e. The van der Waals surface area contributed by atoms with E-state index in [0.29, 0.717) is 13.0 Å². The topological polar surface area (TPSA) is 28.2 Å². The van der Waals surface area contributed by atoms with Crippen molar-refractivity contribution in [3.63, 3.8) is 0 Å². The van der Waals surface area contributed by atoms with E-state index in [1.165, 1.54) is 0 Å². The van der Waals surface area contributed by atoms with Crippen molar-refractivity contribution in [1.29, 1.82) is 0 Å². The molecule has 1 saturated heterocycles. The molecule has 0 aliphatic carbocycles. The lowest BCUT2D eigenvalue weighted by Gasteiger charge is -2.15. The van der Waals surface area contributed by atoms with Gasteiger partial charge in [-0.1, -0.05) is 0 Å². The normalized spacial score (nSPS) is 20.9. The molecule has 1 aromatic heterocycles. The molecule has 0 spiro atoms. The highest BCUT2D eigenvalue weighted by Crippen LogP contribution is 2.24. The second-order valence-corrected chi connectivity index (χ2v) is 4.09. The van der Waals surface area contributed by atoms with Crippen LogP contribution in [0.25, 0.3) is 0 Å². The smallest absolute Gasteiger partial charge is 0.253 e. The molecule has 1 aromatic rings. The van der Waals surface area contributed by atoms with E-state index < -0.39 is 29.2 Å². The lowest BCUT2D eigenvalue weighted by atomic mass is 10.2. The van der Waals surface area contributed by atoms with E-state index in [-0.39, 0.29) is 6.04 Å². The highest BCUT2D eigenvalue weighted by atomic mass is 19.2. The minimum Gasteiger partial charge on any atom is -0.376 e. The Bertz CT molecular complexity index is 412. The van der Waals surface area contributed by atoms with Gasteiger partial charge in [-0.2, -0.15) is 22.5 Å². The number of hydrogen-bond donors (Lipinski definition) is 1. The van der Waals surface area contributed by atoms with Crippen molar-refractivity contribution < 1.29 is 17.6 Å². The minimum atomic E-state index is -1.64. The molecule has 1 fully saturated rings. The third-order valence-electron chi connectivity index (χ3n) is 2.74. The van der Waals surface area contributed by atoms with Crippen LogP contribution in [0, 0.1) is 23.5 Å².